The van der Waals surface area contributed by atoms with Crippen molar-refractivity contribution in [2.45, 2.75) is 78.2 Å². The van der Waals surface area contributed by atoms with Crippen molar-refractivity contribution in [3.05, 3.63) is 58.9 Å². The van der Waals surface area contributed by atoms with Gasteiger partial charge in [0.2, 0.25) is 0 Å². The number of ether oxygens (including phenoxy) is 3. The zero-order valence-electron chi connectivity index (χ0n) is 21.9. The molecule has 2 aromatic rings. The van der Waals surface area contributed by atoms with Gasteiger partial charge in [-0.2, -0.15) is 0 Å². The first-order valence-corrected chi connectivity index (χ1v) is 12.5. The minimum absolute atomic E-state index is 0.0544. The Morgan fingerprint density at radius 2 is 1.68 bits per heavy atom. The maximum Gasteiger partial charge on any atom is 0.407 e. The normalized spacial score (nSPS) is 17.4. The standard InChI is InChI=1S/C28H33ClFNO6/c1-7-28(23(32)35-27(5,6)36-24(28)33)16-20(31-25(34)37-26(2,3)4)14-17-8-10-18(11-9-17)21-15-19(29)12-13-22(21)30/h8-13,15,20H,7,14,16H2,1-6H3,(H,31,34)/t20-/m0/s1. The van der Waals surface area contributed by atoms with E-state index < -0.39 is 46.7 Å². The number of carbonyl (C=O) groups excluding carboxylic acids is 3. The van der Waals surface area contributed by atoms with Gasteiger partial charge >= 0.3 is 18.0 Å². The molecular weight excluding hydrogens is 501 g/mol. The number of cyclic esters (lactones) is 2. The SMILES string of the molecule is CCC1(C[C@H](Cc2ccc(-c3cc(Cl)ccc3F)cc2)NC(=O)OC(C)(C)C)C(=O)OC(C)(C)OC1=O. The third-order valence-corrected chi connectivity index (χ3v) is 6.29. The van der Waals surface area contributed by atoms with Crippen LogP contribution in [0.2, 0.25) is 5.02 Å². The third kappa shape index (κ3) is 7.01. The highest BCUT2D eigenvalue weighted by atomic mass is 35.5. The van der Waals surface area contributed by atoms with Crippen LogP contribution in [0.5, 0.6) is 0 Å². The van der Waals surface area contributed by atoms with Crippen LogP contribution >= 0.6 is 11.6 Å². The predicted molar refractivity (Wildman–Crippen MR) is 137 cm³/mol. The maximum absolute atomic E-state index is 14.3. The van der Waals surface area contributed by atoms with Crippen LogP contribution in [0.4, 0.5) is 9.18 Å². The van der Waals surface area contributed by atoms with Gasteiger partial charge in [-0.1, -0.05) is 42.8 Å². The van der Waals surface area contributed by atoms with Crippen LogP contribution in [0.3, 0.4) is 0 Å². The highest BCUT2D eigenvalue weighted by Crippen LogP contribution is 2.39. The molecule has 37 heavy (non-hydrogen) atoms. The van der Waals surface area contributed by atoms with Crippen molar-refractivity contribution in [2.75, 3.05) is 0 Å². The number of carbonyl (C=O) groups is 3. The first-order valence-electron chi connectivity index (χ1n) is 12.1. The summed E-state index contributed by atoms with van der Waals surface area (Å²) in [5, 5.41) is 3.22. The fraction of sp³-hybridized carbons (Fsp3) is 0.464. The van der Waals surface area contributed by atoms with Crippen LogP contribution < -0.4 is 5.32 Å². The van der Waals surface area contributed by atoms with E-state index in [0.717, 1.165) is 5.56 Å². The van der Waals surface area contributed by atoms with Gasteiger partial charge in [0.15, 0.2) is 5.41 Å². The summed E-state index contributed by atoms with van der Waals surface area (Å²) in [7, 11) is 0. The largest absolute Gasteiger partial charge is 0.444 e. The van der Waals surface area contributed by atoms with Crippen molar-refractivity contribution in [3.8, 4) is 11.1 Å². The van der Waals surface area contributed by atoms with E-state index >= 15 is 0 Å². The van der Waals surface area contributed by atoms with Crippen LogP contribution in [-0.4, -0.2) is 35.5 Å². The zero-order valence-corrected chi connectivity index (χ0v) is 22.7. The molecule has 1 fully saturated rings. The second kappa shape index (κ2) is 10.7. The van der Waals surface area contributed by atoms with Gasteiger partial charge in [-0.25, -0.2) is 9.18 Å². The average molecular weight is 534 g/mol. The van der Waals surface area contributed by atoms with E-state index in [-0.39, 0.29) is 19.3 Å². The van der Waals surface area contributed by atoms with E-state index in [4.69, 9.17) is 25.8 Å². The highest BCUT2D eigenvalue weighted by Gasteiger charge is 2.56. The van der Waals surface area contributed by atoms with Crippen LogP contribution in [0.25, 0.3) is 11.1 Å². The second-order valence-corrected chi connectivity index (χ2v) is 11.1. The van der Waals surface area contributed by atoms with Crippen molar-refractivity contribution in [1.82, 2.24) is 5.32 Å². The van der Waals surface area contributed by atoms with E-state index in [1.165, 1.54) is 26.0 Å². The summed E-state index contributed by atoms with van der Waals surface area (Å²) in [6.07, 6.45) is -0.343. The molecule has 1 atom stereocenters. The lowest BCUT2D eigenvalue weighted by Gasteiger charge is -2.41. The van der Waals surface area contributed by atoms with Crippen molar-refractivity contribution in [1.29, 1.82) is 0 Å². The molecule has 1 aliphatic rings. The minimum Gasteiger partial charge on any atom is -0.444 e. The summed E-state index contributed by atoms with van der Waals surface area (Å²) in [6, 6.07) is 10.7. The summed E-state index contributed by atoms with van der Waals surface area (Å²) < 4.78 is 30.5. The first-order chi connectivity index (χ1) is 17.1. The molecule has 0 radical (unpaired) electrons. The Balaban J connectivity index is 1.88. The van der Waals surface area contributed by atoms with Gasteiger partial charge in [-0.3, -0.25) is 9.59 Å². The summed E-state index contributed by atoms with van der Waals surface area (Å²) in [5.74, 6) is -3.16. The molecule has 1 amide bonds. The number of hydrogen-bond donors (Lipinski definition) is 1. The lowest BCUT2D eigenvalue weighted by atomic mass is 9.77. The number of nitrogens with one attached hydrogen (secondary N) is 1. The molecule has 0 saturated carbocycles. The van der Waals surface area contributed by atoms with Crippen molar-refractivity contribution < 1.29 is 33.0 Å². The third-order valence-electron chi connectivity index (χ3n) is 6.05. The van der Waals surface area contributed by atoms with Crippen LogP contribution in [-0.2, 0) is 30.2 Å². The van der Waals surface area contributed by atoms with Crippen LogP contribution in [0.1, 0.15) is 59.9 Å². The number of benzene rings is 2. The van der Waals surface area contributed by atoms with E-state index in [2.05, 4.69) is 5.32 Å². The summed E-state index contributed by atoms with van der Waals surface area (Å²) >= 11 is 6.03. The Morgan fingerprint density at radius 3 is 2.22 bits per heavy atom. The molecular formula is C28H33ClFNO6. The molecule has 1 saturated heterocycles. The topological polar surface area (TPSA) is 90.9 Å². The Bertz CT molecular complexity index is 1150. The van der Waals surface area contributed by atoms with Gasteiger partial charge in [-0.15, -0.1) is 0 Å². The molecule has 0 bridgehead atoms. The van der Waals surface area contributed by atoms with Crippen molar-refractivity contribution in [3.63, 3.8) is 0 Å². The summed E-state index contributed by atoms with van der Waals surface area (Å²) in [6.45, 7) is 9.88. The predicted octanol–water partition coefficient (Wildman–Crippen LogP) is 6.20. The lowest BCUT2D eigenvalue weighted by Crippen LogP contribution is -2.56. The number of rotatable bonds is 7. The molecule has 0 spiro atoms. The molecule has 3 rings (SSSR count). The molecule has 0 unspecified atom stereocenters. The highest BCUT2D eigenvalue weighted by molar-refractivity contribution is 6.30. The van der Waals surface area contributed by atoms with E-state index in [1.807, 2.05) is 0 Å². The van der Waals surface area contributed by atoms with Gasteiger partial charge in [0.25, 0.3) is 5.79 Å². The molecule has 200 valence electrons. The van der Waals surface area contributed by atoms with Gasteiger partial charge in [0, 0.05) is 30.5 Å². The zero-order chi connectivity index (χ0) is 27.6. The van der Waals surface area contributed by atoms with Gasteiger partial charge in [0.1, 0.15) is 11.4 Å². The first kappa shape index (κ1) is 28.4. The Hall–Kier alpha value is -3.13. The average Bonchev–Trinajstić information content (AvgIpc) is 2.76. The molecule has 1 aliphatic heterocycles. The van der Waals surface area contributed by atoms with E-state index in [0.29, 0.717) is 16.1 Å². The van der Waals surface area contributed by atoms with Gasteiger partial charge in [0.05, 0.1) is 0 Å². The molecule has 0 aromatic heterocycles. The Kier molecular flexibility index (Phi) is 8.22. The van der Waals surface area contributed by atoms with E-state index in [1.54, 1.807) is 58.0 Å². The number of alkyl carbamates (subject to hydrolysis) is 1. The molecule has 7 nitrogen and oxygen atoms in total. The number of esters is 2. The van der Waals surface area contributed by atoms with Crippen molar-refractivity contribution in [2.24, 2.45) is 5.41 Å². The van der Waals surface area contributed by atoms with Crippen LogP contribution in [0.15, 0.2) is 42.5 Å². The maximum atomic E-state index is 14.3. The second-order valence-electron chi connectivity index (χ2n) is 10.7. The van der Waals surface area contributed by atoms with Crippen LogP contribution in [0, 0.1) is 11.2 Å². The van der Waals surface area contributed by atoms with E-state index in [9.17, 15) is 18.8 Å². The molecule has 9 heteroatoms. The number of hydrogen-bond acceptors (Lipinski definition) is 6. The quantitative estimate of drug-likeness (QED) is 0.336. The fourth-order valence-corrected chi connectivity index (χ4v) is 4.41. The summed E-state index contributed by atoms with van der Waals surface area (Å²) in [4.78, 5) is 38.7. The smallest absolute Gasteiger partial charge is 0.407 e. The molecule has 1 heterocycles. The molecule has 0 aliphatic carbocycles. The molecule has 1 N–H and O–H groups in total. The minimum atomic E-state index is -1.58. The fourth-order valence-electron chi connectivity index (χ4n) is 4.24. The number of amides is 1. The Labute approximate surface area is 221 Å². The van der Waals surface area contributed by atoms with Crippen molar-refractivity contribution >= 4 is 29.6 Å². The van der Waals surface area contributed by atoms with Gasteiger partial charge < -0.3 is 19.5 Å². The molecule has 2 aromatic carbocycles. The summed E-state index contributed by atoms with van der Waals surface area (Å²) in [5.41, 5.74) is -0.544. The lowest BCUT2D eigenvalue weighted by molar-refractivity contribution is -0.252. The number of halogens is 2. The van der Waals surface area contributed by atoms with Gasteiger partial charge in [-0.05, 0) is 69.4 Å². The monoisotopic (exact) mass is 533 g/mol. The Morgan fingerprint density at radius 1 is 1.08 bits per heavy atom.